The number of carbonyl (C=O) groups excluding carboxylic acids is 2. The van der Waals surface area contributed by atoms with Crippen LogP contribution in [0.3, 0.4) is 0 Å². The van der Waals surface area contributed by atoms with Crippen molar-refractivity contribution in [2.75, 3.05) is 33.4 Å². The van der Waals surface area contributed by atoms with Crippen molar-refractivity contribution in [2.24, 2.45) is 11.8 Å². The minimum atomic E-state index is -0.377. The van der Waals surface area contributed by atoms with Crippen LogP contribution in [0.25, 0.3) is 11.5 Å². The third-order valence-corrected chi connectivity index (χ3v) is 6.72. The summed E-state index contributed by atoms with van der Waals surface area (Å²) in [6.07, 6.45) is 1.83. The van der Waals surface area contributed by atoms with Crippen LogP contribution < -0.4 is 4.74 Å². The molecule has 0 spiro atoms. The number of carbonyl (C=O) groups is 2. The lowest BCUT2D eigenvalue weighted by atomic mass is 9.90. The average Bonchev–Trinajstić information content (AvgIpc) is 3.52. The van der Waals surface area contributed by atoms with Gasteiger partial charge in [-0.2, -0.15) is 0 Å². The normalized spacial score (nSPS) is 17.0. The van der Waals surface area contributed by atoms with Crippen molar-refractivity contribution in [1.82, 2.24) is 9.88 Å². The predicted octanol–water partition coefficient (Wildman–Crippen LogP) is 5.08. The summed E-state index contributed by atoms with van der Waals surface area (Å²) in [7, 11) is 1.39. The summed E-state index contributed by atoms with van der Waals surface area (Å²) in [5.74, 6) is 1.63. The predicted molar refractivity (Wildman–Crippen MR) is 138 cm³/mol. The van der Waals surface area contributed by atoms with Crippen LogP contribution in [0.2, 0.25) is 0 Å². The fourth-order valence-corrected chi connectivity index (χ4v) is 4.68. The molecule has 2 aromatic carbocycles. The molecule has 0 unspecified atom stereocenters. The monoisotopic (exact) mass is 506 g/mol. The zero-order valence-corrected chi connectivity index (χ0v) is 21.6. The first-order valence-corrected chi connectivity index (χ1v) is 12.7. The first kappa shape index (κ1) is 26.3. The van der Waals surface area contributed by atoms with Gasteiger partial charge in [0.15, 0.2) is 0 Å². The highest BCUT2D eigenvalue weighted by molar-refractivity contribution is 5.76. The van der Waals surface area contributed by atoms with Gasteiger partial charge in [-0.25, -0.2) is 9.78 Å². The molecule has 1 saturated heterocycles. The van der Waals surface area contributed by atoms with E-state index in [9.17, 15) is 9.59 Å². The van der Waals surface area contributed by atoms with Crippen molar-refractivity contribution in [2.45, 2.75) is 33.1 Å². The van der Waals surface area contributed by atoms with Gasteiger partial charge in [0.1, 0.15) is 11.5 Å². The standard InChI is InChI=1S/C29H34N2O6/c1-4-35-29(33)31-18-23(25(19-31)28(32)34-3)13-10-21-11-14-24(15-12-21)36-17-16-26-20(2)37-27(30-26)22-8-6-5-7-9-22/h5-9,11-12,14-15,23,25H,4,10,13,16-19H2,1-3H3/t23-,25+/m1/s1. The largest absolute Gasteiger partial charge is 0.493 e. The Balaban J connectivity index is 1.27. The minimum absolute atomic E-state index is 0.0271. The fourth-order valence-electron chi connectivity index (χ4n) is 4.68. The number of aromatic nitrogens is 1. The molecule has 37 heavy (non-hydrogen) atoms. The molecule has 196 valence electrons. The van der Waals surface area contributed by atoms with E-state index in [-0.39, 0.29) is 23.9 Å². The quantitative estimate of drug-likeness (QED) is 0.354. The smallest absolute Gasteiger partial charge is 0.409 e. The van der Waals surface area contributed by atoms with Gasteiger partial charge in [0.2, 0.25) is 5.89 Å². The number of likely N-dealkylation sites (tertiary alicyclic amines) is 1. The summed E-state index contributed by atoms with van der Waals surface area (Å²) in [6, 6.07) is 17.8. The molecule has 1 amide bonds. The molecule has 2 atom stereocenters. The molecule has 3 aromatic rings. The Labute approximate surface area is 217 Å². The highest BCUT2D eigenvalue weighted by Gasteiger charge is 2.40. The molecule has 0 N–H and O–H groups in total. The summed E-state index contributed by atoms with van der Waals surface area (Å²) in [5.41, 5.74) is 2.99. The van der Waals surface area contributed by atoms with E-state index in [0.717, 1.165) is 41.2 Å². The SMILES string of the molecule is CCOC(=O)N1C[C@@H](CCc2ccc(OCCc3nc(-c4ccccc4)oc3C)cc2)[C@@H](C(=O)OC)C1. The molecule has 4 rings (SSSR count). The zero-order chi connectivity index (χ0) is 26.2. The fraction of sp³-hybridized carbons (Fsp3) is 0.414. The van der Waals surface area contributed by atoms with E-state index in [1.54, 1.807) is 11.8 Å². The van der Waals surface area contributed by atoms with Gasteiger partial charge in [0.25, 0.3) is 0 Å². The number of methoxy groups -OCH3 is 1. The van der Waals surface area contributed by atoms with Gasteiger partial charge < -0.3 is 23.5 Å². The number of nitrogens with zero attached hydrogens (tertiary/aromatic N) is 2. The van der Waals surface area contributed by atoms with Crippen molar-refractivity contribution in [3.8, 4) is 17.2 Å². The van der Waals surface area contributed by atoms with E-state index in [2.05, 4.69) is 4.98 Å². The Kier molecular flexibility index (Phi) is 8.82. The highest BCUT2D eigenvalue weighted by atomic mass is 16.6. The molecule has 0 bridgehead atoms. The van der Waals surface area contributed by atoms with Gasteiger partial charge in [-0.05, 0) is 62.4 Å². The first-order valence-electron chi connectivity index (χ1n) is 12.7. The number of amides is 1. The summed E-state index contributed by atoms with van der Waals surface area (Å²) >= 11 is 0. The molecule has 8 nitrogen and oxygen atoms in total. The van der Waals surface area contributed by atoms with E-state index in [4.69, 9.17) is 18.6 Å². The van der Waals surface area contributed by atoms with Gasteiger partial charge in [0.05, 0.1) is 31.9 Å². The number of hydrogen-bond donors (Lipinski definition) is 0. The van der Waals surface area contributed by atoms with E-state index < -0.39 is 0 Å². The number of benzene rings is 2. The lowest BCUT2D eigenvalue weighted by Crippen LogP contribution is -2.30. The lowest BCUT2D eigenvalue weighted by molar-refractivity contribution is -0.146. The van der Waals surface area contributed by atoms with Crippen LogP contribution in [0, 0.1) is 18.8 Å². The number of rotatable bonds is 10. The van der Waals surface area contributed by atoms with Crippen molar-refractivity contribution < 1.29 is 28.2 Å². The van der Waals surface area contributed by atoms with E-state index in [1.807, 2.05) is 61.5 Å². The van der Waals surface area contributed by atoms with Crippen molar-refractivity contribution in [3.63, 3.8) is 0 Å². The number of esters is 1. The summed E-state index contributed by atoms with van der Waals surface area (Å²) in [5, 5.41) is 0. The Hall–Kier alpha value is -3.81. The van der Waals surface area contributed by atoms with E-state index in [0.29, 0.717) is 38.6 Å². The highest BCUT2D eigenvalue weighted by Crippen LogP contribution is 2.29. The van der Waals surface area contributed by atoms with Gasteiger partial charge in [-0.1, -0.05) is 30.3 Å². The maximum absolute atomic E-state index is 12.3. The number of oxazole rings is 1. The molecule has 2 heterocycles. The van der Waals surface area contributed by atoms with Gasteiger partial charge >= 0.3 is 12.1 Å². The van der Waals surface area contributed by atoms with Gasteiger partial charge in [-0.15, -0.1) is 0 Å². The number of hydrogen-bond acceptors (Lipinski definition) is 7. The molecule has 1 aliphatic heterocycles. The minimum Gasteiger partial charge on any atom is -0.493 e. The molecule has 0 radical (unpaired) electrons. The summed E-state index contributed by atoms with van der Waals surface area (Å²) in [4.78, 5) is 30.7. The van der Waals surface area contributed by atoms with Crippen molar-refractivity contribution in [3.05, 3.63) is 71.6 Å². The Morgan fingerprint density at radius 3 is 2.51 bits per heavy atom. The third-order valence-electron chi connectivity index (χ3n) is 6.72. The third kappa shape index (κ3) is 6.70. The number of aryl methyl sites for hydroxylation is 2. The first-order chi connectivity index (χ1) is 18.0. The molecular formula is C29H34N2O6. The van der Waals surface area contributed by atoms with E-state index >= 15 is 0 Å². The lowest BCUT2D eigenvalue weighted by Gasteiger charge is -2.16. The topological polar surface area (TPSA) is 91.1 Å². The molecule has 1 fully saturated rings. The number of ether oxygens (including phenoxy) is 3. The molecule has 0 aliphatic carbocycles. The molecular weight excluding hydrogens is 472 g/mol. The van der Waals surface area contributed by atoms with Crippen molar-refractivity contribution >= 4 is 12.1 Å². The van der Waals surface area contributed by atoms with Crippen molar-refractivity contribution in [1.29, 1.82) is 0 Å². The zero-order valence-electron chi connectivity index (χ0n) is 21.6. The van der Waals surface area contributed by atoms with Crippen LogP contribution in [-0.2, 0) is 27.1 Å². The summed E-state index contributed by atoms with van der Waals surface area (Å²) < 4.78 is 21.9. The van der Waals surface area contributed by atoms with Gasteiger partial charge in [0, 0.05) is 25.1 Å². The maximum Gasteiger partial charge on any atom is 0.409 e. The molecule has 0 saturated carbocycles. The van der Waals surface area contributed by atoms with Gasteiger partial charge in [-0.3, -0.25) is 4.79 Å². The Morgan fingerprint density at radius 2 is 1.81 bits per heavy atom. The van der Waals surface area contributed by atoms with Crippen LogP contribution in [0.4, 0.5) is 4.79 Å². The molecule has 8 heteroatoms. The second-order valence-electron chi connectivity index (χ2n) is 9.16. The molecule has 1 aromatic heterocycles. The van der Waals surface area contributed by atoms with Crippen LogP contribution in [0.15, 0.2) is 59.0 Å². The van der Waals surface area contributed by atoms with Crippen LogP contribution in [0.1, 0.15) is 30.4 Å². The maximum atomic E-state index is 12.3. The van der Waals surface area contributed by atoms with Crippen LogP contribution in [0.5, 0.6) is 5.75 Å². The van der Waals surface area contributed by atoms with Crippen LogP contribution >= 0.6 is 0 Å². The average molecular weight is 507 g/mol. The summed E-state index contributed by atoms with van der Waals surface area (Å²) in [6.45, 7) is 5.32. The second kappa shape index (κ2) is 12.4. The van der Waals surface area contributed by atoms with Crippen LogP contribution in [-0.4, -0.2) is 55.4 Å². The van der Waals surface area contributed by atoms with E-state index in [1.165, 1.54) is 7.11 Å². The molecule has 1 aliphatic rings. The Bertz CT molecular complexity index is 1170. The Morgan fingerprint density at radius 1 is 1.05 bits per heavy atom. The second-order valence-corrected chi connectivity index (χ2v) is 9.16.